The Kier molecular flexibility index (Phi) is 4.74. The Morgan fingerprint density at radius 2 is 1.83 bits per heavy atom. The van der Waals surface area contributed by atoms with E-state index >= 15 is 0 Å². The molecule has 0 aliphatic heterocycles. The first-order valence-corrected chi connectivity index (χ1v) is 10.1. The predicted octanol–water partition coefficient (Wildman–Crippen LogP) is 4.59. The van der Waals surface area contributed by atoms with Gasteiger partial charge in [0.15, 0.2) is 0 Å². The molecule has 0 unspecified atom stereocenters. The van der Waals surface area contributed by atoms with Gasteiger partial charge in [0, 0.05) is 30.7 Å². The lowest BCUT2D eigenvalue weighted by Crippen LogP contribution is -2.26. The fourth-order valence-corrected chi connectivity index (χ4v) is 3.86. The van der Waals surface area contributed by atoms with Gasteiger partial charge in [0.05, 0.1) is 24.7 Å². The average molecular weight is 384 g/mol. The van der Waals surface area contributed by atoms with Crippen LogP contribution in [0.3, 0.4) is 0 Å². The molecule has 1 saturated carbocycles. The lowest BCUT2D eigenvalue weighted by atomic mass is 10.2. The SMILES string of the molecule is COc1ccc(-n2c(CN(Cc3cccnc3)C3CC3)nc3ccccc32)cc1. The Hall–Kier alpha value is -3.18. The van der Waals surface area contributed by atoms with Crippen LogP contribution in [0, 0.1) is 0 Å². The largest absolute Gasteiger partial charge is 0.497 e. The maximum absolute atomic E-state index is 5.34. The quantitative estimate of drug-likeness (QED) is 0.467. The minimum absolute atomic E-state index is 0.624. The number of rotatable bonds is 7. The number of hydrogen-bond donors (Lipinski definition) is 0. The van der Waals surface area contributed by atoms with Crippen molar-refractivity contribution in [2.45, 2.75) is 32.0 Å². The van der Waals surface area contributed by atoms with Gasteiger partial charge < -0.3 is 4.74 Å². The van der Waals surface area contributed by atoms with Gasteiger partial charge in [0.2, 0.25) is 0 Å². The van der Waals surface area contributed by atoms with Crippen LogP contribution in [0.15, 0.2) is 73.1 Å². The Labute approximate surface area is 170 Å². The average Bonchev–Trinajstić information content (AvgIpc) is 3.55. The third-order valence-corrected chi connectivity index (χ3v) is 5.48. The van der Waals surface area contributed by atoms with Crippen molar-refractivity contribution in [1.82, 2.24) is 19.4 Å². The van der Waals surface area contributed by atoms with Crippen molar-refractivity contribution in [2.75, 3.05) is 7.11 Å². The molecular weight excluding hydrogens is 360 g/mol. The summed E-state index contributed by atoms with van der Waals surface area (Å²) in [5.41, 5.74) is 4.50. The van der Waals surface area contributed by atoms with Gasteiger partial charge in [0.25, 0.3) is 0 Å². The zero-order valence-corrected chi connectivity index (χ0v) is 16.5. The van der Waals surface area contributed by atoms with E-state index in [9.17, 15) is 0 Å². The van der Waals surface area contributed by atoms with Crippen LogP contribution < -0.4 is 4.74 Å². The standard InChI is InChI=1S/C24H24N4O/c1-29-21-12-10-20(11-13-21)28-23-7-3-2-6-22(23)26-24(28)17-27(19-8-9-19)16-18-5-4-14-25-15-18/h2-7,10-15,19H,8-9,16-17H2,1H3. The fraction of sp³-hybridized carbons (Fsp3) is 0.250. The molecule has 2 heterocycles. The number of aromatic nitrogens is 3. The molecule has 0 saturated heterocycles. The van der Waals surface area contributed by atoms with Gasteiger partial charge in [-0.2, -0.15) is 0 Å². The molecular formula is C24H24N4O. The molecule has 0 bridgehead atoms. The minimum atomic E-state index is 0.624. The molecule has 146 valence electrons. The number of nitrogens with zero attached hydrogens (tertiary/aromatic N) is 4. The van der Waals surface area contributed by atoms with Crippen LogP contribution in [0.4, 0.5) is 0 Å². The van der Waals surface area contributed by atoms with Crippen LogP contribution >= 0.6 is 0 Å². The number of imidazole rings is 1. The van der Waals surface area contributed by atoms with E-state index in [-0.39, 0.29) is 0 Å². The second kappa shape index (κ2) is 7.68. The molecule has 1 aliphatic carbocycles. The number of methoxy groups -OCH3 is 1. The highest BCUT2D eigenvalue weighted by Crippen LogP contribution is 2.31. The van der Waals surface area contributed by atoms with Gasteiger partial charge in [-0.3, -0.25) is 14.5 Å². The summed E-state index contributed by atoms with van der Waals surface area (Å²) in [7, 11) is 1.69. The topological polar surface area (TPSA) is 43.2 Å². The van der Waals surface area contributed by atoms with Crippen molar-refractivity contribution in [3.8, 4) is 11.4 Å². The molecule has 5 heteroatoms. The highest BCUT2D eigenvalue weighted by atomic mass is 16.5. The van der Waals surface area contributed by atoms with Crippen molar-refractivity contribution in [3.63, 3.8) is 0 Å². The number of ether oxygens (including phenoxy) is 1. The summed E-state index contributed by atoms with van der Waals surface area (Å²) in [6, 6.07) is 21.3. The first kappa shape index (κ1) is 17.9. The summed E-state index contributed by atoms with van der Waals surface area (Å²) in [6.45, 7) is 1.70. The van der Waals surface area contributed by atoms with Crippen LogP contribution in [0.1, 0.15) is 24.2 Å². The molecule has 1 fully saturated rings. The van der Waals surface area contributed by atoms with Gasteiger partial charge in [0.1, 0.15) is 11.6 Å². The molecule has 0 spiro atoms. The van der Waals surface area contributed by atoms with Crippen molar-refractivity contribution in [3.05, 3.63) is 84.4 Å². The number of fused-ring (bicyclic) bond motifs is 1. The van der Waals surface area contributed by atoms with Crippen LogP contribution in [0.25, 0.3) is 16.7 Å². The lowest BCUT2D eigenvalue weighted by Gasteiger charge is -2.22. The number of benzene rings is 2. The highest BCUT2D eigenvalue weighted by molar-refractivity contribution is 5.78. The van der Waals surface area contributed by atoms with Gasteiger partial charge in [-0.05, 0) is 60.9 Å². The highest BCUT2D eigenvalue weighted by Gasteiger charge is 2.30. The molecule has 29 heavy (non-hydrogen) atoms. The van der Waals surface area contributed by atoms with Crippen LogP contribution in [0.2, 0.25) is 0 Å². The third kappa shape index (κ3) is 3.74. The van der Waals surface area contributed by atoms with Crippen molar-refractivity contribution < 1.29 is 4.74 Å². The molecule has 2 aromatic carbocycles. The summed E-state index contributed by atoms with van der Waals surface area (Å²) in [4.78, 5) is 11.8. The maximum atomic E-state index is 5.34. The van der Waals surface area contributed by atoms with E-state index in [2.05, 4.69) is 50.8 Å². The predicted molar refractivity (Wildman–Crippen MR) is 114 cm³/mol. The Morgan fingerprint density at radius 3 is 2.55 bits per heavy atom. The molecule has 1 aliphatic rings. The first-order valence-electron chi connectivity index (χ1n) is 10.1. The van der Waals surface area contributed by atoms with E-state index in [4.69, 9.17) is 9.72 Å². The van der Waals surface area contributed by atoms with Gasteiger partial charge in [-0.25, -0.2) is 4.98 Å². The normalized spacial score (nSPS) is 13.9. The maximum Gasteiger partial charge on any atom is 0.128 e. The number of hydrogen-bond acceptors (Lipinski definition) is 4. The fourth-order valence-electron chi connectivity index (χ4n) is 3.86. The molecule has 0 atom stereocenters. The Morgan fingerprint density at radius 1 is 1.00 bits per heavy atom. The molecule has 2 aromatic heterocycles. The first-order chi connectivity index (χ1) is 14.3. The van der Waals surface area contributed by atoms with Crippen LogP contribution in [-0.2, 0) is 13.1 Å². The molecule has 4 aromatic rings. The lowest BCUT2D eigenvalue weighted by molar-refractivity contribution is 0.238. The van der Waals surface area contributed by atoms with E-state index in [1.807, 2.05) is 36.7 Å². The van der Waals surface area contributed by atoms with Crippen LogP contribution in [0.5, 0.6) is 5.75 Å². The zero-order chi connectivity index (χ0) is 19.6. The van der Waals surface area contributed by atoms with E-state index < -0.39 is 0 Å². The summed E-state index contributed by atoms with van der Waals surface area (Å²) < 4.78 is 7.61. The van der Waals surface area contributed by atoms with Gasteiger partial charge in [-0.1, -0.05) is 18.2 Å². The van der Waals surface area contributed by atoms with Crippen molar-refractivity contribution >= 4 is 11.0 Å². The Balaban J connectivity index is 1.53. The van der Waals surface area contributed by atoms with E-state index in [1.165, 1.54) is 18.4 Å². The van der Waals surface area contributed by atoms with Crippen molar-refractivity contribution in [2.24, 2.45) is 0 Å². The van der Waals surface area contributed by atoms with Gasteiger partial charge >= 0.3 is 0 Å². The third-order valence-electron chi connectivity index (χ3n) is 5.48. The smallest absolute Gasteiger partial charge is 0.128 e. The monoisotopic (exact) mass is 384 g/mol. The molecule has 0 N–H and O–H groups in total. The summed E-state index contributed by atoms with van der Waals surface area (Å²) in [5.74, 6) is 1.92. The second-order valence-electron chi connectivity index (χ2n) is 7.55. The molecule has 0 radical (unpaired) electrons. The number of para-hydroxylation sites is 2. The second-order valence-corrected chi connectivity index (χ2v) is 7.55. The molecule has 5 nitrogen and oxygen atoms in total. The van der Waals surface area contributed by atoms with E-state index in [0.717, 1.165) is 41.4 Å². The minimum Gasteiger partial charge on any atom is -0.497 e. The Bertz CT molecular complexity index is 1100. The number of pyridine rings is 1. The summed E-state index contributed by atoms with van der Waals surface area (Å²) in [5, 5.41) is 0. The van der Waals surface area contributed by atoms with E-state index in [1.54, 1.807) is 7.11 Å². The summed E-state index contributed by atoms with van der Waals surface area (Å²) >= 11 is 0. The summed E-state index contributed by atoms with van der Waals surface area (Å²) in [6.07, 6.45) is 6.29. The van der Waals surface area contributed by atoms with Crippen molar-refractivity contribution in [1.29, 1.82) is 0 Å². The molecule has 0 amide bonds. The van der Waals surface area contributed by atoms with Gasteiger partial charge in [-0.15, -0.1) is 0 Å². The van der Waals surface area contributed by atoms with Crippen LogP contribution in [-0.4, -0.2) is 32.6 Å². The van der Waals surface area contributed by atoms with E-state index in [0.29, 0.717) is 6.04 Å². The molecule has 5 rings (SSSR count). The zero-order valence-electron chi connectivity index (χ0n) is 16.5.